The van der Waals surface area contributed by atoms with Gasteiger partial charge >= 0.3 is 0 Å². The van der Waals surface area contributed by atoms with Crippen molar-refractivity contribution in [2.45, 2.75) is 24.5 Å². The third-order valence-corrected chi connectivity index (χ3v) is 4.64. The average molecular weight is 401 g/mol. The lowest BCUT2D eigenvalue weighted by Gasteiger charge is -2.17. The summed E-state index contributed by atoms with van der Waals surface area (Å²) in [5.41, 5.74) is 0.921. The fourth-order valence-corrected chi connectivity index (χ4v) is 3.15. The predicted molar refractivity (Wildman–Crippen MR) is 99.3 cm³/mol. The molecule has 11 nitrogen and oxygen atoms in total. The first-order chi connectivity index (χ1) is 14.0. The molecule has 0 bridgehead atoms. The number of nitrogens with one attached hydrogen (secondary N) is 1. The Bertz CT molecular complexity index is 1030. The third kappa shape index (κ3) is 3.40. The number of methoxy groups -OCH3 is 1. The molecule has 0 aliphatic carbocycles. The highest BCUT2D eigenvalue weighted by atomic mass is 16.6. The van der Waals surface area contributed by atoms with Crippen LogP contribution < -0.4 is 10.1 Å². The lowest BCUT2D eigenvalue weighted by molar-refractivity contribution is -0.0511. The molecule has 4 atom stereocenters. The smallest absolute Gasteiger partial charge is 0.258 e. The number of rotatable bonds is 5. The van der Waals surface area contributed by atoms with Gasteiger partial charge in [-0.05, 0) is 12.1 Å². The molecule has 1 aliphatic rings. The number of benzene rings is 1. The topological polar surface area (TPSA) is 152 Å². The molecule has 0 saturated carbocycles. The number of hydrogen-bond donors (Lipinski definition) is 4. The summed E-state index contributed by atoms with van der Waals surface area (Å²) in [4.78, 5) is 25.1. The zero-order valence-corrected chi connectivity index (χ0v) is 15.3. The first-order valence-electron chi connectivity index (χ1n) is 8.81. The van der Waals surface area contributed by atoms with E-state index in [1.54, 1.807) is 30.3 Å². The van der Waals surface area contributed by atoms with Crippen molar-refractivity contribution < 1.29 is 29.6 Å². The van der Waals surface area contributed by atoms with Gasteiger partial charge in [-0.3, -0.25) is 14.7 Å². The van der Waals surface area contributed by atoms with Gasteiger partial charge in [0.25, 0.3) is 5.91 Å². The van der Waals surface area contributed by atoms with Crippen molar-refractivity contribution in [1.82, 2.24) is 19.5 Å². The second-order valence-corrected chi connectivity index (χ2v) is 6.43. The zero-order valence-electron chi connectivity index (χ0n) is 15.3. The summed E-state index contributed by atoms with van der Waals surface area (Å²) in [5.74, 6) is -0.327. The number of fused-ring (bicyclic) bond motifs is 1. The van der Waals surface area contributed by atoms with Crippen LogP contribution in [0.5, 0.6) is 5.88 Å². The second-order valence-electron chi connectivity index (χ2n) is 6.43. The standard InChI is InChI=1S/C18H19N5O6/c1-28-16-11-14(20-18(22-16)21-15(27)9-5-3-2-4-6-9)23(8-19-11)17-13(26)12(25)10(7-24)29-17/h2-6,8,10,12-13,17,24-26H,7H2,1H3,(H,20,21,22,27)/t10-,12?,13+,17-/m1/s1. The van der Waals surface area contributed by atoms with E-state index in [4.69, 9.17) is 9.47 Å². The molecule has 3 heterocycles. The molecule has 1 aromatic carbocycles. The average Bonchev–Trinajstić information content (AvgIpc) is 3.29. The maximum absolute atomic E-state index is 12.4. The van der Waals surface area contributed by atoms with Crippen molar-refractivity contribution in [1.29, 1.82) is 0 Å². The monoisotopic (exact) mass is 401 g/mol. The fourth-order valence-electron chi connectivity index (χ4n) is 3.15. The third-order valence-electron chi connectivity index (χ3n) is 4.64. The second kappa shape index (κ2) is 7.72. The first-order valence-corrected chi connectivity index (χ1v) is 8.81. The molecule has 2 aromatic heterocycles. The summed E-state index contributed by atoms with van der Waals surface area (Å²) in [5, 5.41) is 32.2. The van der Waals surface area contributed by atoms with Crippen LogP contribution in [0.2, 0.25) is 0 Å². The Balaban J connectivity index is 1.71. The van der Waals surface area contributed by atoms with Crippen LogP contribution in [0.1, 0.15) is 16.6 Å². The number of nitrogens with zero attached hydrogens (tertiary/aromatic N) is 4. The Hall–Kier alpha value is -3.12. The van der Waals surface area contributed by atoms with Crippen LogP contribution >= 0.6 is 0 Å². The Labute approximate surface area is 164 Å². The highest BCUT2D eigenvalue weighted by Gasteiger charge is 2.44. The summed E-state index contributed by atoms with van der Waals surface area (Å²) in [6.07, 6.45) is -3.22. The number of hydrogen-bond acceptors (Lipinski definition) is 9. The van der Waals surface area contributed by atoms with E-state index >= 15 is 0 Å². The van der Waals surface area contributed by atoms with E-state index in [9.17, 15) is 20.1 Å². The van der Waals surface area contributed by atoms with E-state index in [0.717, 1.165) is 0 Å². The minimum Gasteiger partial charge on any atom is -0.479 e. The molecule has 11 heteroatoms. The Kier molecular flexibility index (Phi) is 5.11. The maximum atomic E-state index is 12.4. The molecule has 1 unspecified atom stereocenters. The van der Waals surface area contributed by atoms with E-state index in [2.05, 4.69) is 20.3 Å². The zero-order chi connectivity index (χ0) is 20.5. The van der Waals surface area contributed by atoms with Gasteiger partial charge in [0.15, 0.2) is 17.4 Å². The SMILES string of the molecule is COc1nc(NC(=O)c2ccccc2)nc2c1ncn2[C@@H]1O[C@H](CO)C(O)[C@@H]1O. The first kappa shape index (κ1) is 19.2. The summed E-state index contributed by atoms with van der Waals surface area (Å²) >= 11 is 0. The molecule has 29 heavy (non-hydrogen) atoms. The van der Waals surface area contributed by atoms with Crippen molar-refractivity contribution >= 4 is 23.0 Å². The van der Waals surface area contributed by atoms with Crippen LogP contribution in [0.15, 0.2) is 36.7 Å². The van der Waals surface area contributed by atoms with Crippen molar-refractivity contribution in [2.75, 3.05) is 19.0 Å². The van der Waals surface area contributed by atoms with E-state index < -0.39 is 37.1 Å². The van der Waals surface area contributed by atoms with Crippen molar-refractivity contribution in [2.24, 2.45) is 0 Å². The summed E-state index contributed by atoms with van der Waals surface area (Å²) in [6.45, 7) is -0.460. The van der Waals surface area contributed by atoms with Crippen molar-refractivity contribution in [3.63, 3.8) is 0 Å². The molecular weight excluding hydrogens is 382 g/mol. The molecule has 1 amide bonds. The molecule has 4 N–H and O–H groups in total. The fraction of sp³-hybridized carbons (Fsp3) is 0.333. The summed E-state index contributed by atoms with van der Waals surface area (Å²) < 4.78 is 12.2. The molecule has 0 radical (unpaired) electrons. The number of imidazole rings is 1. The van der Waals surface area contributed by atoms with E-state index in [-0.39, 0.29) is 23.0 Å². The number of amides is 1. The number of anilines is 1. The molecule has 152 valence electrons. The highest BCUT2D eigenvalue weighted by molar-refractivity contribution is 6.03. The molecule has 1 saturated heterocycles. The number of ether oxygens (including phenoxy) is 2. The number of carbonyl (C=O) groups excluding carboxylic acids is 1. The molecule has 4 rings (SSSR count). The van der Waals surface area contributed by atoms with Crippen LogP contribution in [0, 0.1) is 0 Å². The number of aliphatic hydroxyl groups is 3. The lowest BCUT2D eigenvalue weighted by atomic mass is 10.1. The predicted octanol–water partition coefficient (Wildman–Crippen LogP) is -0.301. The minimum absolute atomic E-state index is 0.0308. The number of aliphatic hydroxyl groups excluding tert-OH is 3. The Morgan fingerprint density at radius 3 is 2.66 bits per heavy atom. The van der Waals surface area contributed by atoms with Crippen LogP contribution in [0.3, 0.4) is 0 Å². The van der Waals surface area contributed by atoms with Gasteiger partial charge < -0.3 is 24.8 Å². The highest BCUT2D eigenvalue weighted by Crippen LogP contribution is 2.33. The van der Waals surface area contributed by atoms with Crippen molar-refractivity contribution in [3.05, 3.63) is 42.2 Å². The minimum atomic E-state index is -1.31. The molecule has 0 spiro atoms. The van der Waals surface area contributed by atoms with Gasteiger partial charge in [-0.15, -0.1) is 0 Å². The molecular formula is C18H19N5O6. The van der Waals surface area contributed by atoms with Gasteiger partial charge in [0.05, 0.1) is 20.0 Å². The summed E-state index contributed by atoms with van der Waals surface area (Å²) in [7, 11) is 1.40. The quantitative estimate of drug-likeness (QED) is 0.451. The van der Waals surface area contributed by atoms with Crippen molar-refractivity contribution in [3.8, 4) is 5.88 Å². The van der Waals surface area contributed by atoms with Crippen LogP contribution in [-0.2, 0) is 4.74 Å². The largest absolute Gasteiger partial charge is 0.479 e. The van der Waals surface area contributed by atoms with E-state index in [1.165, 1.54) is 18.0 Å². The number of carbonyl (C=O) groups is 1. The van der Waals surface area contributed by atoms with Gasteiger partial charge in [-0.2, -0.15) is 9.97 Å². The van der Waals surface area contributed by atoms with Crippen LogP contribution in [0.25, 0.3) is 11.2 Å². The molecule has 1 fully saturated rings. The van der Waals surface area contributed by atoms with Gasteiger partial charge in [-0.1, -0.05) is 18.2 Å². The van der Waals surface area contributed by atoms with E-state index in [1.807, 2.05) is 0 Å². The Morgan fingerprint density at radius 1 is 1.24 bits per heavy atom. The van der Waals surface area contributed by atoms with Gasteiger partial charge in [0.2, 0.25) is 11.8 Å². The normalized spacial score (nSPS) is 24.0. The molecule has 1 aliphatic heterocycles. The van der Waals surface area contributed by atoms with E-state index in [0.29, 0.717) is 5.56 Å². The van der Waals surface area contributed by atoms with Gasteiger partial charge in [0.1, 0.15) is 18.3 Å². The maximum Gasteiger partial charge on any atom is 0.258 e. The van der Waals surface area contributed by atoms with Crippen LogP contribution in [0.4, 0.5) is 5.95 Å². The van der Waals surface area contributed by atoms with Gasteiger partial charge in [0, 0.05) is 5.56 Å². The van der Waals surface area contributed by atoms with Gasteiger partial charge in [-0.25, -0.2) is 4.98 Å². The lowest BCUT2D eigenvalue weighted by Crippen LogP contribution is -2.33. The van der Waals surface area contributed by atoms with Crippen LogP contribution in [-0.4, -0.2) is 72.8 Å². The molecule has 3 aromatic rings. The number of aromatic nitrogens is 4. The summed E-state index contributed by atoms with van der Waals surface area (Å²) in [6, 6.07) is 8.55. The Morgan fingerprint density at radius 2 is 2.00 bits per heavy atom.